The third-order valence-corrected chi connectivity index (χ3v) is 4.18. The van der Waals surface area contributed by atoms with Gasteiger partial charge in [0.1, 0.15) is 12.0 Å². The molecule has 0 unspecified atom stereocenters. The predicted octanol–water partition coefficient (Wildman–Crippen LogP) is 2.84. The molecule has 1 N–H and O–H groups in total. The summed E-state index contributed by atoms with van der Waals surface area (Å²) in [6.07, 6.45) is 4.74. The molecule has 0 spiro atoms. The SMILES string of the molecule is O=C(NCc1ccon1)N1CCC(Cc2ccccc2)CC1. The number of likely N-dealkylation sites (tertiary alicyclic amines) is 1. The largest absolute Gasteiger partial charge is 0.364 e. The minimum atomic E-state index is -0.0128. The molecular weight excluding hydrogens is 278 g/mol. The van der Waals surface area contributed by atoms with Gasteiger partial charge in [-0.05, 0) is 30.7 Å². The Morgan fingerprint density at radius 1 is 1.23 bits per heavy atom. The van der Waals surface area contributed by atoms with Gasteiger partial charge in [0.25, 0.3) is 0 Å². The lowest BCUT2D eigenvalue weighted by Gasteiger charge is -2.32. The van der Waals surface area contributed by atoms with E-state index in [0.717, 1.165) is 38.0 Å². The third-order valence-electron chi connectivity index (χ3n) is 4.18. The highest BCUT2D eigenvalue weighted by atomic mass is 16.5. The van der Waals surface area contributed by atoms with E-state index < -0.39 is 0 Å². The second kappa shape index (κ2) is 7.11. The second-order valence-corrected chi connectivity index (χ2v) is 5.77. The van der Waals surface area contributed by atoms with Gasteiger partial charge in [0.2, 0.25) is 0 Å². The zero-order valence-corrected chi connectivity index (χ0v) is 12.6. The summed E-state index contributed by atoms with van der Waals surface area (Å²) in [5.74, 6) is 0.669. The molecular formula is C17H21N3O2. The molecule has 0 aliphatic carbocycles. The second-order valence-electron chi connectivity index (χ2n) is 5.77. The lowest BCUT2D eigenvalue weighted by atomic mass is 9.90. The Bertz CT molecular complexity index is 575. The van der Waals surface area contributed by atoms with Crippen molar-refractivity contribution >= 4 is 6.03 Å². The molecule has 3 rings (SSSR count). The van der Waals surface area contributed by atoms with E-state index in [1.54, 1.807) is 6.07 Å². The Morgan fingerprint density at radius 3 is 2.68 bits per heavy atom. The van der Waals surface area contributed by atoms with Crippen LogP contribution < -0.4 is 5.32 Å². The van der Waals surface area contributed by atoms with Crippen LogP contribution in [0.15, 0.2) is 47.2 Å². The molecule has 1 saturated heterocycles. The number of benzene rings is 1. The Hall–Kier alpha value is -2.30. The summed E-state index contributed by atoms with van der Waals surface area (Å²) in [6, 6.07) is 12.3. The number of carbonyl (C=O) groups excluding carboxylic acids is 1. The van der Waals surface area contributed by atoms with Gasteiger partial charge in [-0.15, -0.1) is 0 Å². The van der Waals surface area contributed by atoms with Gasteiger partial charge >= 0.3 is 6.03 Å². The minimum absolute atomic E-state index is 0.0128. The summed E-state index contributed by atoms with van der Waals surface area (Å²) in [7, 11) is 0. The molecule has 2 amide bonds. The molecule has 1 aliphatic heterocycles. The third kappa shape index (κ3) is 3.87. The van der Waals surface area contributed by atoms with Crippen LogP contribution in [0.3, 0.4) is 0 Å². The van der Waals surface area contributed by atoms with E-state index in [1.807, 2.05) is 11.0 Å². The number of piperidine rings is 1. The van der Waals surface area contributed by atoms with Gasteiger partial charge in [-0.3, -0.25) is 0 Å². The number of hydrogen-bond acceptors (Lipinski definition) is 3. The van der Waals surface area contributed by atoms with Gasteiger partial charge in [-0.25, -0.2) is 4.79 Å². The van der Waals surface area contributed by atoms with Crippen LogP contribution >= 0.6 is 0 Å². The molecule has 0 atom stereocenters. The van der Waals surface area contributed by atoms with Gasteiger partial charge in [0.15, 0.2) is 0 Å². The van der Waals surface area contributed by atoms with Crippen molar-refractivity contribution in [1.29, 1.82) is 0 Å². The Balaban J connectivity index is 1.42. The van der Waals surface area contributed by atoms with Crippen LogP contribution in [-0.4, -0.2) is 29.2 Å². The summed E-state index contributed by atoms with van der Waals surface area (Å²) in [5, 5.41) is 6.67. The molecule has 0 saturated carbocycles. The van der Waals surface area contributed by atoms with Crippen LogP contribution in [0, 0.1) is 5.92 Å². The van der Waals surface area contributed by atoms with Crippen molar-refractivity contribution in [3.8, 4) is 0 Å². The summed E-state index contributed by atoms with van der Waals surface area (Å²) in [6.45, 7) is 2.06. The fraction of sp³-hybridized carbons (Fsp3) is 0.412. The van der Waals surface area contributed by atoms with Gasteiger partial charge in [-0.2, -0.15) is 0 Å². The van der Waals surface area contributed by atoms with E-state index in [-0.39, 0.29) is 6.03 Å². The van der Waals surface area contributed by atoms with E-state index in [4.69, 9.17) is 4.52 Å². The maximum absolute atomic E-state index is 12.1. The lowest BCUT2D eigenvalue weighted by molar-refractivity contribution is 0.170. The standard InChI is InChI=1S/C17H21N3O2/c21-17(18-13-16-8-11-22-19-16)20-9-6-15(7-10-20)12-14-4-2-1-3-5-14/h1-5,8,11,15H,6-7,9-10,12-13H2,(H,18,21). The molecule has 116 valence electrons. The molecule has 0 bridgehead atoms. The quantitative estimate of drug-likeness (QED) is 0.944. The van der Waals surface area contributed by atoms with E-state index in [0.29, 0.717) is 12.5 Å². The molecule has 5 nitrogen and oxygen atoms in total. The summed E-state index contributed by atoms with van der Waals surface area (Å²) in [4.78, 5) is 14.0. The maximum Gasteiger partial charge on any atom is 0.317 e. The maximum atomic E-state index is 12.1. The summed E-state index contributed by atoms with van der Waals surface area (Å²) < 4.78 is 4.75. The van der Waals surface area contributed by atoms with Crippen LogP contribution in [0.5, 0.6) is 0 Å². The Labute approximate surface area is 130 Å². The monoisotopic (exact) mass is 299 g/mol. The first-order valence-corrected chi connectivity index (χ1v) is 7.77. The number of amides is 2. The number of urea groups is 1. The van der Waals surface area contributed by atoms with Crippen LogP contribution in [0.1, 0.15) is 24.1 Å². The molecule has 1 aromatic carbocycles. The number of carbonyl (C=O) groups is 1. The Kier molecular flexibility index (Phi) is 4.73. The van der Waals surface area contributed by atoms with E-state index in [2.05, 4.69) is 34.7 Å². The van der Waals surface area contributed by atoms with E-state index in [1.165, 1.54) is 11.8 Å². The number of hydrogen-bond donors (Lipinski definition) is 1. The number of aromatic nitrogens is 1. The van der Waals surface area contributed by atoms with Gasteiger partial charge < -0.3 is 14.7 Å². The average molecular weight is 299 g/mol. The zero-order valence-electron chi connectivity index (χ0n) is 12.6. The van der Waals surface area contributed by atoms with Crippen LogP contribution in [-0.2, 0) is 13.0 Å². The lowest BCUT2D eigenvalue weighted by Crippen LogP contribution is -2.44. The first-order valence-electron chi connectivity index (χ1n) is 7.77. The zero-order chi connectivity index (χ0) is 15.2. The first-order chi connectivity index (χ1) is 10.8. The van der Waals surface area contributed by atoms with Crippen molar-refractivity contribution in [2.45, 2.75) is 25.8 Å². The highest BCUT2D eigenvalue weighted by molar-refractivity contribution is 5.74. The van der Waals surface area contributed by atoms with Gasteiger partial charge in [0, 0.05) is 19.2 Å². The van der Waals surface area contributed by atoms with Gasteiger partial charge in [-0.1, -0.05) is 35.5 Å². The fourth-order valence-corrected chi connectivity index (χ4v) is 2.89. The summed E-state index contributed by atoms with van der Waals surface area (Å²) in [5.41, 5.74) is 2.13. The van der Waals surface area contributed by atoms with Crippen molar-refractivity contribution in [1.82, 2.24) is 15.4 Å². The van der Waals surface area contributed by atoms with Crippen molar-refractivity contribution < 1.29 is 9.32 Å². The van der Waals surface area contributed by atoms with Crippen LogP contribution in [0.4, 0.5) is 4.79 Å². The molecule has 1 fully saturated rings. The highest BCUT2D eigenvalue weighted by Gasteiger charge is 2.22. The van der Waals surface area contributed by atoms with Gasteiger partial charge in [0.05, 0.1) is 6.54 Å². The molecule has 0 radical (unpaired) electrons. The smallest absolute Gasteiger partial charge is 0.317 e. The molecule has 2 heterocycles. The van der Waals surface area contributed by atoms with Crippen molar-refractivity contribution in [2.75, 3.05) is 13.1 Å². The number of nitrogens with one attached hydrogen (secondary N) is 1. The minimum Gasteiger partial charge on any atom is -0.364 e. The molecule has 2 aromatic rings. The molecule has 22 heavy (non-hydrogen) atoms. The van der Waals surface area contributed by atoms with E-state index in [9.17, 15) is 4.79 Å². The van der Waals surface area contributed by atoms with Crippen molar-refractivity contribution in [3.05, 3.63) is 53.9 Å². The molecule has 1 aliphatic rings. The van der Waals surface area contributed by atoms with Crippen LogP contribution in [0.25, 0.3) is 0 Å². The van der Waals surface area contributed by atoms with Crippen molar-refractivity contribution in [2.24, 2.45) is 5.92 Å². The normalized spacial score (nSPS) is 15.7. The van der Waals surface area contributed by atoms with Crippen LogP contribution in [0.2, 0.25) is 0 Å². The average Bonchev–Trinajstić information content (AvgIpc) is 3.08. The summed E-state index contributed by atoms with van der Waals surface area (Å²) >= 11 is 0. The topological polar surface area (TPSA) is 58.4 Å². The highest BCUT2D eigenvalue weighted by Crippen LogP contribution is 2.21. The van der Waals surface area contributed by atoms with Crippen molar-refractivity contribution in [3.63, 3.8) is 0 Å². The predicted molar refractivity (Wildman–Crippen MR) is 83.2 cm³/mol. The first kappa shape index (κ1) is 14.6. The van der Waals surface area contributed by atoms with E-state index >= 15 is 0 Å². The number of nitrogens with zero attached hydrogens (tertiary/aromatic N) is 2. The Morgan fingerprint density at radius 2 is 2.00 bits per heavy atom. The fourth-order valence-electron chi connectivity index (χ4n) is 2.89. The number of rotatable bonds is 4. The molecule has 5 heteroatoms. The molecule has 1 aromatic heterocycles.